The third-order valence-electron chi connectivity index (χ3n) is 6.44. The van der Waals surface area contributed by atoms with Gasteiger partial charge in [0.05, 0.1) is 17.1 Å². The summed E-state index contributed by atoms with van der Waals surface area (Å²) in [6, 6.07) is 34.1. The predicted molar refractivity (Wildman–Crippen MR) is 153 cm³/mol. The Morgan fingerprint density at radius 2 is 1.41 bits per heavy atom. The number of Topliss-reactive ketones (excluding diaryl/α,β-unsaturated/α-hetero) is 1. The van der Waals surface area contributed by atoms with Crippen LogP contribution in [0.3, 0.4) is 0 Å². The molecule has 0 fully saturated rings. The van der Waals surface area contributed by atoms with Crippen molar-refractivity contribution in [2.75, 3.05) is 10.0 Å². The summed E-state index contributed by atoms with van der Waals surface area (Å²) in [5.74, 6) is -0.0862. The van der Waals surface area contributed by atoms with Gasteiger partial charge in [0, 0.05) is 28.6 Å². The maximum Gasteiger partial charge on any atom is 0.234 e. The molecule has 7 heteroatoms. The molecular weight excluding hydrogens is 500 g/mol. The summed E-state index contributed by atoms with van der Waals surface area (Å²) in [5.41, 5.74) is 6.63. The number of fused-ring (bicyclic) bond motifs is 2. The predicted octanol–water partition coefficient (Wildman–Crippen LogP) is 7.19. The van der Waals surface area contributed by atoms with Gasteiger partial charge in [-0.1, -0.05) is 83.9 Å². The fourth-order valence-corrected chi connectivity index (χ4v) is 6.07. The van der Waals surface area contributed by atoms with Gasteiger partial charge in [-0.05, 0) is 55.1 Å². The third-order valence-corrected chi connectivity index (χ3v) is 8.10. The number of nitrogens with zero attached hydrogens (tertiary/aromatic N) is 4. The number of aryl methyl sites for hydroxylation is 1. The molecular formula is C30H23ClN4OS. The number of carbonyl (C=O) groups is 1. The van der Waals surface area contributed by atoms with Gasteiger partial charge in [-0.25, -0.2) is 10.0 Å². The van der Waals surface area contributed by atoms with Crippen LogP contribution in [-0.2, 0) is 9.79 Å². The van der Waals surface area contributed by atoms with Crippen LogP contribution in [0.4, 0.5) is 11.4 Å². The van der Waals surface area contributed by atoms with E-state index in [1.807, 2.05) is 88.9 Å². The van der Waals surface area contributed by atoms with Crippen LogP contribution in [0.1, 0.15) is 29.2 Å². The summed E-state index contributed by atoms with van der Waals surface area (Å²) in [6.07, 6.45) is 0. The van der Waals surface area contributed by atoms with Crippen LogP contribution >= 0.6 is 23.4 Å². The van der Waals surface area contributed by atoms with Crippen LogP contribution in [0.5, 0.6) is 0 Å². The molecule has 5 nitrogen and oxygen atoms in total. The zero-order valence-electron chi connectivity index (χ0n) is 20.3. The van der Waals surface area contributed by atoms with Crippen molar-refractivity contribution in [2.24, 2.45) is 10.2 Å². The monoisotopic (exact) mass is 522 g/mol. The Kier molecular flexibility index (Phi) is 5.86. The average molecular weight is 523 g/mol. The maximum absolute atomic E-state index is 12.7. The second-order valence-electron chi connectivity index (χ2n) is 8.97. The Morgan fingerprint density at radius 1 is 0.784 bits per heavy atom. The smallest absolute Gasteiger partial charge is 0.234 e. The number of rotatable bonds is 4. The quantitative estimate of drug-likeness (QED) is 0.284. The Labute approximate surface area is 225 Å². The number of hydrazone groups is 2. The van der Waals surface area contributed by atoms with Crippen molar-refractivity contribution in [1.29, 1.82) is 0 Å². The highest BCUT2D eigenvalue weighted by atomic mass is 35.5. The standard InChI is InChI=1S/C30H23ClN4OS/c1-20-12-18-25(19-13-20)35-30(37-29(33-35)21(2)36)27-11-7-6-10-26(27)28(22-14-16-23(31)17-15-22)32-34(30)24-8-4-3-5-9-24/h3-19H,1-2H3/t30-/m1/s1. The van der Waals surface area contributed by atoms with Crippen LogP contribution in [0.25, 0.3) is 0 Å². The number of carbonyl (C=O) groups excluding carboxylic acids is 1. The summed E-state index contributed by atoms with van der Waals surface area (Å²) in [7, 11) is 0. The number of para-hydroxylation sites is 1. The molecule has 37 heavy (non-hydrogen) atoms. The number of anilines is 2. The molecule has 0 aliphatic carbocycles. The molecule has 2 aliphatic rings. The molecule has 2 aliphatic heterocycles. The van der Waals surface area contributed by atoms with Crippen molar-refractivity contribution in [3.63, 3.8) is 0 Å². The van der Waals surface area contributed by atoms with Crippen molar-refractivity contribution in [2.45, 2.75) is 18.8 Å². The molecule has 6 rings (SSSR count). The normalized spacial score (nSPS) is 18.5. The lowest BCUT2D eigenvalue weighted by Crippen LogP contribution is -2.54. The summed E-state index contributed by atoms with van der Waals surface area (Å²) >= 11 is 7.63. The van der Waals surface area contributed by atoms with Gasteiger partial charge < -0.3 is 0 Å². The fourth-order valence-electron chi connectivity index (χ4n) is 4.65. The van der Waals surface area contributed by atoms with Gasteiger partial charge >= 0.3 is 0 Å². The number of benzene rings is 4. The van der Waals surface area contributed by atoms with E-state index < -0.39 is 4.99 Å². The first kappa shape index (κ1) is 23.5. The second kappa shape index (κ2) is 9.21. The van der Waals surface area contributed by atoms with Crippen LogP contribution in [0.15, 0.2) is 113 Å². The van der Waals surface area contributed by atoms with E-state index in [9.17, 15) is 4.79 Å². The lowest BCUT2D eigenvalue weighted by Gasteiger charge is -2.47. The lowest BCUT2D eigenvalue weighted by atomic mass is 9.93. The molecule has 2 heterocycles. The Hall–Kier alpha value is -3.87. The lowest BCUT2D eigenvalue weighted by molar-refractivity contribution is -0.110. The van der Waals surface area contributed by atoms with Crippen molar-refractivity contribution < 1.29 is 4.79 Å². The van der Waals surface area contributed by atoms with Gasteiger partial charge in [-0.3, -0.25) is 4.79 Å². The number of halogens is 1. The maximum atomic E-state index is 12.7. The van der Waals surface area contributed by atoms with Gasteiger partial charge in [0.25, 0.3) is 0 Å². The zero-order chi connectivity index (χ0) is 25.6. The fraction of sp³-hybridized carbons (Fsp3) is 0.100. The van der Waals surface area contributed by atoms with E-state index in [2.05, 4.69) is 31.2 Å². The van der Waals surface area contributed by atoms with E-state index in [1.165, 1.54) is 11.8 Å². The molecule has 0 N–H and O–H groups in total. The van der Waals surface area contributed by atoms with Gasteiger partial charge in [0.1, 0.15) is 0 Å². The minimum absolute atomic E-state index is 0.0862. The van der Waals surface area contributed by atoms with Crippen molar-refractivity contribution in [1.82, 2.24) is 0 Å². The van der Waals surface area contributed by atoms with Crippen LogP contribution in [-0.4, -0.2) is 16.5 Å². The highest BCUT2D eigenvalue weighted by Crippen LogP contribution is 2.55. The van der Waals surface area contributed by atoms with E-state index in [1.54, 1.807) is 6.92 Å². The minimum atomic E-state index is -0.954. The number of hydrogen-bond donors (Lipinski definition) is 0. The molecule has 182 valence electrons. The highest BCUT2D eigenvalue weighted by Gasteiger charge is 2.55. The topological polar surface area (TPSA) is 48.3 Å². The zero-order valence-corrected chi connectivity index (χ0v) is 21.9. The molecule has 0 amide bonds. The van der Waals surface area contributed by atoms with Crippen LogP contribution in [0.2, 0.25) is 5.02 Å². The molecule has 1 spiro atoms. The largest absolute Gasteiger partial charge is 0.292 e. The van der Waals surface area contributed by atoms with Gasteiger partial charge in [0.15, 0.2) is 10.8 Å². The Morgan fingerprint density at radius 3 is 2.11 bits per heavy atom. The first-order valence-electron chi connectivity index (χ1n) is 11.9. The van der Waals surface area contributed by atoms with Crippen LogP contribution < -0.4 is 10.0 Å². The average Bonchev–Trinajstić information content (AvgIpc) is 3.32. The van der Waals surface area contributed by atoms with Gasteiger partial charge in [0.2, 0.25) is 4.99 Å². The summed E-state index contributed by atoms with van der Waals surface area (Å²) < 4.78 is 0. The van der Waals surface area contributed by atoms with Crippen LogP contribution in [0, 0.1) is 6.92 Å². The van der Waals surface area contributed by atoms with Crippen molar-refractivity contribution in [3.8, 4) is 0 Å². The molecule has 0 saturated carbocycles. The summed E-state index contributed by atoms with van der Waals surface area (Å²) in [4.78, 5) is 11.8. The summed E-state index contributed by atoms with van der Waals surface area (Å²) in [5, 5.41) is 15.2. The molecule has 1 atom stereocenters. The number of hydrogen-bond acceptors (Lipinski definition) is 6. The van der Waals surface area contributed by atoms with E-state index in [4.69, 9.17) is 21.8 Å². The molecule has 4 aromatic rings. The van der Waals surface area contributed by atoms with E-state index >= 15 is 0 Å². The summed E-state index contributed by atoms with van der Waals surface area (Å²) in [6.45, 7) is 3.61. The molecule has 0 saturated heterocycles. The number of thioether (sulfide) groups is 1. The second-order valence-corrected chi connectivity index (χ2v) is 10.6. The Balaban J connectivity index is 1.66. The SMILES string of the molecule is CC(=O)C1=NN(c2ccc(C)cc2)[C@@]2(S1)c1ccccc1C(c1ccc(Cl)cc1)=NN2c1ccccc1. The molecule has 4 aromatic carbocycles. The molecule has 0 radical (unpaired) electrons. The van der Waals surface area contributed by atoms with E-state index in [0.29, 0.717) is 10.1 Å². The highest BCUT2D eigenvalue weighted by molar-refractivity contribution is 8.17. The van der Waals surface area contributed by atoms with Gasteiger partial charge in [-0.2, -0.15) is 10.2 Å². The molecule has 0 unspecified atom stereocenters. The molecule has 0 aromatic heterocycles. The third kappa shape index (κ3) is 3.93. The van der Waals surface area contributed by atoms with E-state index in [0.717, 1.165) is 39.3 Å². The van der Waals surface area contributed by atoms with E-state index in [-0.39, 0.29) is 5.78 Å². The van der Waals surface area contributed by atoms with Gasteiger partial charge in [-0.15, -0.1) is 0 Å². The van der Waals surface area contributed by atoms with Crippen molar-refractivity contribution >= 4 is 51.3 Å². The Bertz CT molecular complexity index is 1550. The van der Waals surface area contributed by atoms with Crippen molar-refractivity contribution in [3.05, 3.63) is 130 Å². The first-order valence-corrected chi connectivity index (χ1v) is 13.1. The molecule has 0 bridgehead atoms. The number of ketones is 1. The minimum Gasteiger partial charge on any atom is -0.292 e. The first-order chi connectivity index (χ1) is 18.0.